The van der Waals surface area contributed by atoms with Crippen LogP contribution in [0.3, 0.4) is 0 Å². The van der Waals surface area contributed by atoms with Crippen molar-refractivity contribution in [1.82, 2.24) is 0 Å². The lowest BCUT2D eigenvalue weighted by Crippen LogP contribution is -2.64. The summed E-state index contributed by atoms with van der Waals surface area (Å²) in [7, 11) is 0. The van der Waals surface area contributed by atoms with Gasteiger partial charge in [0, 0.05) is 25.0 Å². The van der Waals surface area contributed by atoms with Gasteiger partial charge in [-0.2, -0.15) is 0 Å². The number of carbonyl (C=O) groups is 3. The molecule has 0 aromatic carbocycles. The maximum Gasteiger partial charge on any atom is 0.345 e. The minimum absolute atomic E-state index is 0.147. The molecule has 2 heterocycles. The highest BCUT2D eigenvalue weighted by molar-refractivity contribution is 5.83. The summed E-state index contributed by atoms with van der Waals surface area (Å²) in [5, 5.41) is 34.5. The molecule has 0 aliphatic carbocycles. The zero-order valence-corrected chi connectivity index (χ0v) is 19.4. The Morgan fingerprint density at radius 2 is 1.91 bits per heavy atom. The van der Waals surface area contributed by atoms with Gasteiger partial charge >= 0.3 is 17.9 Å². The van der Waals surface area contributed by atoms with Crippen molar-refractivity contribution in [1.29, 1.82) is 0 Å². The number of nitrogens with zero attached hydrogens (tertiary/aromatic N) is 1. The van der Waals surface area contributed by atoms with Crippen molar-refractivity contribution in [2.45, 2.75) is 77.4 Å². The van der Waals surface area contributed by atoms with Crippen molar-refractivity contribution in [2.24, 2.45) is 0 Å². The first kappa shape index (κ1) is 26.0. The molecule has 0 radical (unpaired) electrons. The Morgan fingerprint density at radius 3 is 2.44 bits per heavy atom. The Labute approximate surface area is 187 Å². The maximum atomic E-state index is 13.1. The second-order valence-electron chi connectivity index (χ2n) is 9.22. The van der Waals surface area contributed by atoms with Crippen molar-refractivity contribution in [3.63, 3.8) is 0 Å². The predicted molar refractivity (Wildman–Crippen MR) is 113 cm³/mol. The molecular formula is C22H33NO9. The molecule has 10 nitrogen and oxygen atoms in total. The van der Waals surface area contributed by atoms with Crippen LogP contribution in [0.15, 0.2) is 23.3 Å². The summed E-state index contributed by atoms with van der Waals surface area (Å²) in [4.78, 5) is 36.2. The van der Waals surface area contributed by atoms with E-state index in [0.29, 0.717) is 12.0 Å². The van der Waals surface area contributed by atoms with Gasteiger partial charge in [-0.15, -0.1) is 0 Å². The van der Waals surface area contributed by atoms with Crippen molar-refractivity contribution < 1.29 is 43.5 Å². The molecule has 32 heavy (non-hydrogen) atoms. The number of ether oxygens (including phenoxy) is 3. The summed E-state index contributed by atoms with van der Waals surface area (Å²) in [6.45, 7) is 8.33. The van der Waals surface area contributed by atoms with Gasteiger partial charge in [0.1, 0.15) is 18.3 Å². The highest BCUT2D eigenvalue weighted by atomic mass is 16.6. The third-order valence-corrected chi connectivity index (χ3v) is 5.91. The molecule has 1 unspecified atom stereocenters. The fraction of sp³-hybridized carbons (Fsp3) is 0.682. The molecule has 5 atom stereocenters. The van der Waals surface area contributed by atoms with E-state index in [-0.39, 0.29) is 19.7 Å². The molecule has 2 aliphatic heterocycles. The molecule has 2 rings (SSSR count). The third kappa shape index (κ3) is 5.20. The molecule has 0 amide bonds. The van der Waals surface area contributed by atoms with E-state index in [9.17, 15) is 29.8 Å². The Kier molecular flexibility index (Phi) is 7.55. The SMILES string of the molecule is CC(=O)O[C@H](C)[C@](O)(C(=O)OCC1=CC[N+]2([O-])CC[C@@H](OC(=O)C=C(C)C)[C@@H]12)C(C)(C)O. The molecule has 2 N–H and O–H groups in total. The lowest BCUT2D eigenvalue weighted by Gasteiger charge is -2.41. The van der Waals surface area contributed by atoms with Gasteiger partial charge in [0.25, 0.3) is 0 Å². The number of hydrogen-bond acceptors (Lipinski definition) is 9. The molecule has 0 spiro atoms. The molecule has 180 valence electrons. The molecule has 0 bridgehead atoms. The molecule has 2 aliphatic rings. The normalized spacial score (nSPS) is 27.5. The molecular weight excluding hydrogens is 422 g/mol. The van der Waals surface area contributed by atoms with Gasteiger partial charge in [-0.1, -0.05) is 5.57 Å². The van der Waals surface area contributed by atoms with E-state index >= 15 is 0 Å². The van der Waals surface area contributed by atoms with E-state index in [1.807, 2.05) is 0 Å². The number of fused-ring (bicyclic) bond motifs is 1. The number of quaternary nitrogens is 1. The van der Waals surface area contributed by atoms with Gasteiger partial charge in [0.05, 0.1) is 13.1 Å². The van der Waals surface area contributed by atoms with E-state index in [2.05, 4.69) is 0 Å². The van der Waals surface area contributed by atoms with Crippen molar-refractivity contribution >= 4 is 17.9 Å². The molecule has 0 saturated carbocycles. The Morgan fingerprint density at radius 1 is 1.28 bits per heavy atom. The van der Waals surface area contributed by atoms with Crippen LogP contribution in [-0.2, 0) is 28.6 Å². The quantitative estimate of drug-likeness (QED) is 0.136. The summed E-state index contributed by atoms with van der Waals surface area (Å²) in [6, 6.07) is -0.724. The number of allylic oxidation sites excluding steroid dienone is 1. The number of rotatable bonds is 8. The van der Waals surface area contributed by atoms with E-state index in [4.69, 9.17) is 14.2 Å². The highest BCUT2D eigenvalue weighted by Gasteiger charge is 2.57. The van der Waals surface area contributed by atoms with E-state index in [1.54, 1.807) is 19.9 Å². The van der Waals surface area contributed by atoms with Gasteiger partial charge in [-0.25, -0.2) is 9.59 Å². The van der Waals surface area contributed by atoms with Gasteiger partial charge < -0.3 is 34.3 Å². The van der Waals surface area contributed by atoms with Gasteiger partial charge in [-0.3, -0.25) is 4.79 Å². The van der Waals surface area contributed by atoms with Crippen LogP contribution in [0.5, 0.6) is 0 Å². The number of hydroxylamine groups is 3. The fourth-order valence-electron chi connectivity index (χ4n) is 4.28. The van der Waals surface area contributed by atoms with Crippen LogP contribution in [0, 0.1) is 5.21 Å². The Hall–Kier alpha value is -2.27. The topological polar surface area (TPSA) is 142 Å². The Balaban J connectivity index is 2.16. The van der Waals surface area contributed by atoms with Crippen molar-refractivity contribution in [3.8, 4) is 0 Å². The van der Waals surface area contributed by atoms with Crippen LogP contribution in [0.1, 0.15) is 48.0 Å². The first-order valence-corrected chi connectivity index (χ1v) is 10.5. The molecule has 10 heteroatoms. The standard InChI is InChI=1S/C22H33NO9/c1-13(2)11-18(25)32-17-8-10-23(29)9-7-16(19(17)23)12-30-20(26)22(28,21(5,6)27)14(3)31-15(4)24/h7,11,14,17,19,27-28H,8-10,12H2,1-6H3/t14-,17-,19-,22+,23?/m1/s1. The predicted octanol–water partition coefficient (Wildman–Crippen LogP) is 0.888. The van der Waals surface area contributed by atoms with E-state index < -0.39 is 52.0 Å². The summed E-state index contributed by atoms with van der Waals surface area (Å²) < 4.78 is 15.1. The zero-order valence-electron chi connectivity index (χ0n) is 19.4. The van der Waals surface area contributed by atoms with E-state index in [1.165, 1.54) is 26.8 Å². The van der Waals surface area contributed by atoms with Crippen LogP contribution in [0.25, 0.3) is 0 Å². The summed E-state index contributed by atoms with van der Waals surface area (Å²) in [5.41, 5.74) is -3.32. The lowest BCUT2D eigenvalue weighted by atomic mass is 9.81. The summed E-state index contributed by atoms with van der Waals surface area (Å²) >= 11 is 0. The second kappa shape index (κ2) is 9.30. The van der Waals surface area contributed by atoms with Crippen molar-refractivity contribution in [2.75, 3.05) is 19.7 Å². The monoisotopic (exact) mass is 455 g/mol. The molecule has 0 aromatic rings. The average Bonchev–Trinajstić information content (AvgIpc) is 3.12. The first-order valence-electron chi connectivity index (χ1n) is 10.5. The zero-order chi connectivity index (χ0) is 24.5. The summed E-state index contributed by atoms with van der Waals surface area (Å²) in [6.07, 6.45) is 1.29. The smallest absolute Gasteiger partial charge is 0.345 e. The number of hydrogen-bond donors (Lipinski definition) is 2. The number of esters is 3. The number of carbonyl (C=O) groups excluding carboxylic acids is 3. The van der Waals surface area contributed by atoms with Crippen LogP contribution in [0.2, 0.25) is 0 Å². The van der Waals surface area contributed by atoms with Gasteiger partial charge in [0.15, 0.2) is 12.1 Å². The van der Waals surface area contributed by atoms with Crippen LogP contribution >= 0.6 is 0 Å². The van der Waals surface area contributed by atoms with Gasteiger partial charge in [0.2, 0.25) is 5.60 Å². The van der Waals surface area contributed by atoms with Crippen molar-refractivity contribution in [3.05, 3.63) is 28.5 Å². The first-order chi connectivity index (χ1) is 14.6. The highest BCUT2D eigenvalue weighted by Crippen LogP contribution is 2.38. The van der Waals surface area contributed by atoms with Crippen LogP contribution in [0.4, 0.5) is 0 Å². The Bertz CT molecular complexity index is 824. The largest absolute Gasteiger partial charge is 0.632 e. The fourth-order valence-corrected chi connectivity index (χ4v) is 4.28. The average molecular weight is 456 g/mol. The van der Waals surface area contributed by atoms with Crippen LogP contribution in [-0.4, -0.2) is 81.9 Å². The molecule has 0 aromatic heterocycles. The van der Waals surface area contributed by atoms with Gasteiger partial charge in [-0.05, 0) is 40.7 Å². The van der Waals surface area contributed by atoms with E-state index in [0.717, 1.165) is 12.5 Å². The third-order valence-electron chi connectivity index (χ3n) is 5.91. The second-order valence-corrected chi connectivity index (χ2v) is 9.22. The minimum Gasteiger partial charge on any atom is -0.632 e. The maximum absolute atomic E-state index is 13.1. The lowest BCUT2D eigenvalue weighted by molar-refractivity contribution is -0.877. The minimum atomic E-state index is -2.55. The summed E-state index contributed by atoms with van der Waals surface area (Å²) in [5.74, 6) is -2.49. The molecule has 1 saturated heterocycles. The number of aliphatic hydroxyl groups is 2. The van der Waals surface area contributed by atoms with Crippen LogP contribution < -0.4 is 0 Å². The molecule has 1 fully saturated rings.